The molecule has 0 aromatic heterocycles. The summed E-state index contributed by atoms with van der Waals surface area (Å²) in [6.07, 6.45) is -1.16. The highest BCUT2D eigenvalue weighted by Crippen LogP contribution is 2.39. The largest absolute Gasteiger partial charge is 0.550 e. The van der Waals surface area contributed by atoms with Crippen LogP contribution in [0, 0.1) is 0 Å². The number of hydrogen-bond donors (Lipinski definition) is 4. The molecule has 1 atom stereocenters. The van der Waals surface area contributed by atoms with Gasteiger partial charge in [0.25, 0.3) is 0 Å². The molecule has 232 valence electrons. The molecular formula is C33H35NO10. The van der Waals surface area contributed by atoms with Crippen LogP contribution in [-0.4, -0.2) is 82.6 Å². The first-order chi connectivity index (χ1) is 20.6. The fourth-order valence-corrected chi connectivity index (χ4v) is 4.80. The third-order valence-corrected chi connectivity index (χ3v) is 6.71. The Morgan fingerprint density at radius 2 is 1.32 bits per heavy atom. The van der Waals surface area contributed by atoms with E-state index in [1.807, 2.05) is 21.1 Å². The second-order valence-corrected chi connectivity index (χ2v) is 11.2. The highest BCUT2D eigenvalue weighted by Gasteiger charge is 2.24. The molecule has 0 spiro atoms. The van der Waals surface area contributed by atoms with Gasteiger partial charge in [-0.3, -0.25) is 4.79 Å². The van der Waals surface area contributed by atoms with E-state index in [1.54, 1.807) is 55.5 Å². The summed E-state index contributed by atoms with van der Waals surface area (Å²) in [5.74, 6) is -5.02. The number of carbonyl (C=O) groups is 4. The Hall–Kier alpha value is -5.00. The first-order valence-electron chi connectivity index (χ1n) is 13.8. The van der Waals surface area contributed by atoms with Crippen molar-refractivity contribution in [3.63, 3.8) is 0 Å². The predicted octanol–water partition coefficient (Wildman–Crippen LogP) is 2.98. The number of esters is 2. The smallest absolute Gasteiger partial charge is 0.349 e. The standard InChI is InChI=1S/C26H20O7.C7H15NO3/c1-2-22(27)33-26(32)21-12-15-8-4-6-10-17(15)19(24(21)29)13-18-16-9-5-3-7-14(16)11-20(23(18)28)25(30)31;1-8(2,3)5-6(9)4-7(10)11/h3-12,28-29H,2,13H2,1H3,(H,30,31);6,9H,4-5H2,1-3H3/t;6-/m.1/s1. The number of likely N-dealkylation sites (N-methyl/N-ethyl adjacent to an activating group) is 1. The van der Waals surface area contributed by atoms with Crippen molar-refractivity contribution < 1.29 is 53.9 Å². The summed E-state index contributed by atoms with van der Waals surface area (Å²) in [5.41, 5.74) is 0.133. The third kappa shape index (κ3) is 8.30. The van der Waals surface area contributed by atoms with Crippen LogP contribution in [0.1, 0.15) is 51.6 Å². The van der Waals surface area contributed by atoms with Gasteiger partial charge >= 0.3 is 17.9 Å². The number of rotatable bonds is 9. The highest BCUT2D eigenvalue weighted by molar-refractivity contribution is 6.05. The molecule has 4 aromatic carbocycles. The van der Waals surface area contributed by atoms with Gasteiger partial charge in [0.15, 0.2) is 0 Å². The average molecular weight is 606 g/mol. The summed E-state index contributed by atoms with van der Waals surface area (Å²) in [4.78, 5) is 45.9. The Morgan fingerprint density at radius 1 is 0.841 bits per heavy atom. The molecule has 0 aliphatic carbocycles. The van der Waals surface area contributed by atoms with E-state index >= 15 is 0 Å². The van der Waals surface area contributed by atoms with E-state index in [-0.39, 0.29) is 30.4 Å². The van der Waals surface area contributed by atoms with E-state index in [0.29, 0.717) is 43.7 Å². The van der Waals surface area contributed by atoms with E-state index in [2.05, 4.69) is 0 Å². The number of carboxylic acid groups (broad SMARTS) is 2. The van der Waals surface area contributed by atoms with Crippen molar-refractivity contribution in [3.8, 4) is 11.5 Å². The molecule has 0 unspecified atom stereocenters. The number of aromatic hydroxyl groups is 2. The number of carboxylic acids is 2. The van der Waals surface area contributed by atoms with Gasteiger partial charge in [-0.25, -0.2) is 9.59 Å². The molecule has 0 heterocycles. The minimum Gasteiger partial charge on any atom is -0.550 e. The van der Waals surface area contributed by atoms with Crippen LogP contribution < -0.4 is 5.11 Å². The minimum atomic E-state index is -1.29. The van der Waals surface area contributed by atoms with Crippen molar-refractivity contribution >= 4 is 45.4 Å². The van der Waals surface area contributed by atoms with E-state index in [4.69, 9.17) is 9.84 Å². The molecule has 11 nitrogen and oxygen atoms in total. The van der Waals surface area contributed by atoms with Crippen LogP contribution in [0.3, 0.4) is 0 Å². The van der Waals surface area contributed by atoms with Crippen LogP contribution >= 0.6 is 0 Å². The lowest BCUT2D eigenvalue weighted by atomic mass is 9.90. The maximum atomic E-state index is 12.6. The van der Waals surface area contributed by atoms with Gasteiger partial charge in [-0.05, 0) is 33.7 Å². The van der Waals surface area contributed by atoms with Crippen LogP contribution in [0.25, 0.3) is 21.5 Å². The van der Waals surface area contributed by atoms with Gasteiger partial charge in [0.05, 0.1) is 21.1 Å². The van der Waals surface area contributed by atoms with E-state index < -0.39 is 41.5 Å². The van der Waals surface area contributed by atoms with Gasteiger partial charge in [-0.15, -0.1) is 0 Å². The molecule has 0 amide bonds. The van der Waals surface area contributed by atoms with Crippen molar-refractivity contribution in [3.05, 3.63) is 82.9 Å². The van der Waals surface area contributed by atoms with Gasteiger partial charge in [0, 0.05) is 36.4 Å². The van der Waals surface area contributed by atoms with Crippen LogP contribution in [0.15, 0.2) is 60.7 Å². The third-order valence-electron chi connectivity index (χ3n) is 6.71. The number of ether oxygens (including phenoxy) is 1. The molecule has 4 rings (SSSR count). The Kier molecular flexibility index (Phi) is 10.6. The molecule has 0 saturated carbocycles. The molecule has 4 aromatic rings. The number of quaternary nitrogens is 1. The van der Waals surface area contributed by atoms with Crippen LogP contribution in [0.2, 0.25) is 0 Å². The summed E-state index contributed by atoms with van der Waals surface area (Å²) in [7, 11) is 5.66. The topological polar surface area (TPSA) is 181 Å². The zero-order chi connectivity index (χ0) is 32.8. The number of aromatic carboxylic acids is 1. The maximum Gasteiger partial charge on any atom is 0.349 e. The van der Waals surface area contributed by atoms with E-state index in [0.717, 1.165) is 0 Å². The zero-order valence-electron chi connectivity index (χ0n) is 24.9. The Labute approximate surface area is 253 Å². The lowest BCUT2D eigenvalue weighted by Crippen LogP contribution is -2.43. The summed E-state index contributed by atoms with van der Waals surface area (Å²) < 4.78 is 5.35. The van der Waals surface area contributed by atoms with Crippen LogP contribution in [0.4, 0.5) is 0 Å². The SMILES string of the molecule is CCC(=O)OC(=O)c1cc2ccccc2c(Cc2c(O)c(C(=O)O)cc3ccccc23)c1O.C[N+](C)(C)C[C@H](O)CC(=O)[O-]. The molecule has 0 bridgehead atoms. The molecule has 0 aliphatic heterocycles. The molecule has 11 heteroatoms. The van der Waals surface area contributed by atoms with Crippen molar-refractivity contribution in [2.75, 3.05) is 27.7 Å². The molecule has 0 fully saturated rings. The molecule has 0 aliphatic rings. The minimum absolute atomic E-state index is 0.00518. The number of benzene rings is 4. The van der Waals surface area contributed by atoms with Gasteiger partial charge < -0.3 is 39.5 Å². The van der Waals surface area contributed by atoms with Gasteiger partial charge in [-0.2, -0.15) is 0 Å². The Bertz CT molecular complexity index is 1720. The van der Waals surface area contributed by atoms with Crippen molar-refractivity contribution in [1.82, 2.24) is 0 Å². The average Bonchev–Trinajstić information content (AvgIpc) is 2.93. The normalized spacial score (nSPS) is 11.8. The first kappa shape index (κ1) is 33.5. The molecule has 4 N–H and O–H groups in total. The zero-order valence-corrected chi connectivity index (χ0v) is 24.9. The first-order valence-corrected chi connectivity index (χ1v) is 13.8. The fourth-order valence-electron chi connectivity index (χ4n) is 4.80. The number of carbonyl (C=O) groups excluding carboxylic acids is 3. The number of phenols is 2. The van der Waals surface area contributed by atoms with Crippen LogP contribution in [0.5, 0.6) is 11.5 Å². The summed E-state index contributed by atoms with van der Waals surface area (Å²) in [6, 6.07) is 16.8. The number of hydrogen-bond acceptors (Lipinski definition) is 9. The molecule has 0 radical (unpaired) electrons. The number of aliphatic carboxylic acids is 1. The van der Waals surface area contributed by atoms with E-state index in [9.17, 15) is 39.6 Å². The lowest BCUT2D eigenvalue weighted by Gasteiger charge is -2.26. The van der Waals surface area contributed by atoms with Gasteiger partial charge in [-0.1, -0.05) is 55.5 Å². The van der Waals surface area contributed by atoms with E-state index in [1.165, 1.54) is 12.1 Å². The van der Waals surface area contributed by atoms with Crippen LogP contribution in [-0.2, 0) is 20.7 Å². The predicted molar refractivity (Wildman–Crippen MR) is 160 cm³/mol. The summed E-state index contributed by atoms with van der Waals surface area (Å²) in [5, 5.41) is 53.0. The van der Waals surface area contributed by atoms with Gasteiger partial charge in [0.1, 0.15) is 35.3 Å². The summed E-state index contributed by atoms with van der Waals surface area (Å²) in [6.45, 7) is 1.97. The van der Waals surface area contributed by atoms with Crippen molar-refractivity contribution in [2.45, 2.75) is 32.3 Å². The number of nitrogens with zero attached hydrogens (tertiary/aromatic N) is 1. The van der Waals surface area contributed by atoms with Crippen molar-refractivity contribution in [2.24, 2.45) is 0 Å². The number of aliphatic hydroxyl groups is 1. The maximum absolute atomic E-state index is 12.6. The quantitative estimate of drug-likeness (QED) is 0.126. The Balaban J connectivity index is 0.000000411. The summed E-state index contributed by atoms with van der Waals surface area (Å²) >= 11 is 0. The number of phenolic OH excluding ortho intramolecular Hbond substituents is 1. The number of aliphatic hydroxyl groups excluding tert-OH is 1. The molecule has 44 heavy (non-hydrogen) atoms. The van der Waals surface area contributed by atoms with Gasteiger partial charge in [0.2, 0.25) is 0 Å². The fraction of sp³-hybridized carbons (Fsp3) is 0.273. The molecular weight excluding hydrogens is 570 g/mol. The second kappa shape index (κ2) is 14.0. The van der Waals surface area contributed by atoms with Crippen molar-refractivity contribution in [1.29, 1.82) is 0 Å². The second-order valence-electron chi connectivity index (χ2n) is 11.2. The Morgan fingerprint density at radius 3 is 1.77 bits per heavy atom. The lowest BCUT2D eigenvalue weighted by molar-refractivity contribution is -0.873. The monoisotopic (exact) mass is 605 g/mol. The molecule has 0 saturated heterocycles. The highest BCUT2D eigenvalue weighted by atomic mass is 16.6. The number of fused-ring (bicyclic) bond motifs is 2.